The van der Waals surface area contributed by atoms with Crippen LogP contribution in [-0.4, -0.2) is 12.1 Å². The molecule has 5 rings (SSSR count). The first kappa shape index (κ1) is 29.2. The number of carbonyl (C=O) groups is 1. The summed E-state index contributed by atoms with van der Waals surface area (Å²) < 4.78 is 6.53. The molecule has 8 atom stereocenters. The second-order valence-corrected chi connectivity index (χ2v) is 15.3. The van der Waals surface area contributed by atoms with Crippen molar-refractivity contribution in [1.82, 2.24) is 0 Å². The fourth-order valence-corrected chi connectivity index (χ4v) is 10.1. The number of rotatable bonds is 8. The fourth-order valence-electron chi connectivity index (χ4n) is 9.71. The second-order valence-electron chi connectivity index (χ2n) is 14.5. The summed E-state index contributed by atoms with van der Waals surface area (Å²) in [6.07, 6.45) is 18.6. The van der Waals surface area contributed by atoms with Crippen LogP contribution < -0.4 is 0 Å². The van der Waals surface area contributed by atoms with E-state index in [4.69, 9.17) is 4.74 Å². The van der Waals surface area contributed by atoms with E-state index in [0.717, 1.165) is 60.3 Å². The van der Waals surface area contributed by atoms with Gasteiger partial charge in [-0.15, -0.1) is 0 Å². The molecule has 1 aromatic rings. The highest BCUT2D eigenvalue weighted by molar-refractivity contribution is 9.12. The van der Waals surface area contributed by atoms with Gasteiger partial charge in [0.25, 0.3) is 0 Å². The van der Waals surface area contributed by atoms with Crippen molar-refractivity contribution in [3.05, 3.63) is 52.0 Å². The third kappa shape index (κ3) is 5.86. The minimum absolute atomic E-state index is 0.0125. The highest BCUT2D eigenvalue weighted by atomic mass is 79.9. The molecule has 4 aliphatic rings. The van der Waals surface area contributed by atoms with Crippen LogP contribution in [0.2, 0.25) is 0 Å². The van der Waals surface area contributed by atoms with E-state index in [0.29, 0.717) is 9.90 Å². The molecule has 0 radical (unpaired) electrons. The highest BCUT2D eigenvalue weighted by Crippen LogP contribution is 2.67. The summed E-state index contributed by atoms with van der Waals surface area (Å²) in [4.78, 5) is 12.9. The number of benzene rings is 1. The van der Waals surface area contributed by atoms with E-state index >= 15 is 0 Å². The van der Waals surface area contributed by atoms with Crippen molar-refractivity contribution < 1.29 is 9.53 Å². The summed E-state index contributed by atoms with van der Waals surface area (Å²) in [5.41, 5.74) is 3.40. The Kier molecular flexibility index (Phi) is 8.87. The summed E-state index contributed by atoms with van der Waals surface area (Å²) in [5.74, 6) is 4.88. The molecule has 0 unspecified atom stereocenters. The van der Waals surface area contributed by atoms with Crippen LogP contribution >= 0.6 is 15.9 Å². The summed E-state index contributed by atoms with van der Waals surface area (Å²) in [5, 5.41) is 0. The number of ether oxygens (including phenoxy) is 1. The molecule has 0 bridgehead atoms. The molecule has 0 spiro atoms. The number of esters is 1. The predicted octanol–water partition coefficient (Wildman–Crippen LogP) is 10.4. The Hall–Kier alpha value is -1.35. The van der Waals surface area contributed by atoms with Crippen LogP contribution in [0.3, 0.4) is 0 Å². The lowest BCUT2D eigenvalue weighted by Crippen LogP contribution is -2.51. The average Bonchev–Trinajstić information content (AvgIpc) is 3.26. The van der Waals surface area contributed by atoms with Gasteiger partial charge < -0.3 is 4.74 Å². The Morgan fingerprint density at radius 1 is 1.03 bits per heavy atom. The van der Waals surface area contributed by atoms with Gasteiger partial charge in [-0.3, -0.25) is 0 Å². The summed E-state index contributed by atoms with van der Waals surface area (Å²) in [6.45, 7) is 12.5. The predicted molar refractivity (Wildman–Crippen MR) is 166 cm³/mol. The topological polar surface area (TPSA) is 26.3 Å². The number of fused-ring (bicyclic) bond motifs is 5. The van der Waals surface area contributed by atoms with Crippen molar-refractivity contribution >= 4 is 28.0 Å². The van der Waals surface area contributed by atoms with Crippen molar-refractivity contribution in [3.63, 3.8) is 0 Å². The van der Waals surface area contributed by atoms with E-state index in [-0.39, 0.29) is 17.5 Å². The molecule has 3 saturated carbocycles. The first-order valence-electron chi connectivity index (χ1n) is 15.9. The minimum Gasteiger partial charge on any atom is -0.458 e. The van der Waals surface area contributed by atoms with Gasteiger partial charge in [0, 0.05) is 6.42 Å². The van der Waals surface area contributed by atoms with Crippen molar-refractivity contribution in [3.8, 4) is 0 Å². The monoisotopic (exact) mass is 594 g/mol. The lowest BCUT2D eigenvalue weighted by molar-refractivity contribution is -0.145. The van der Waals surface area contributed by atoms with Gasteiger partial charge in [-0.2, -0.15) is 0 Å². The van der Waals surface area contributed by atoms with Crippen LogP contribution in [0.15, 0.2) is 46.5 Å². The second kappa shape index (κ2) is 11.9. The number of hydrogen-bond donors (Lipinski definition) is 0. The zero-order valence-electron chi connectivity index (χ0n) is 25.1. The lowest BCUT2D eigenvalue weighted by atomic mass is 9.47. The number of hydrogen-bond acceptors (Lipinski definition) is 2. The molecule has 2 nitrogen and oxygen atoms in total. The van der Waals surface area contributed by atoms with E-state index in [9.17, 15) is 4.79 Å². The molecule has 0 heterocycles. The Labute approximate surface area is 246 Å². The van der Waals surface area contributed by atoms with Gasteiger partial charge in [0.2, 0.25) is 0 Å². The van der Waals surface area contributed by atoms with Gasteiger partial charge in [0.15, 0.2) is 0 Å². The third-order valence-corrected chi connectivity index (χ3v) is 12.4. The third-order valence-electron chi connectivity index (χ3n) is 11.8. The minimum atomic E-state index is -0.241. The lowest BCUT2D eigenvalue weighted by Gasteiger charge is -2.58. The van der Waals surface area contributed by atoms with Crippen molar-refractivity contribution in [1.29, 1.82) is 0 Å². The Balaban J connectivity index is 1.23. The standard InChI is InChI=1S/C36H51BrO2/c1-24(2)10-9-11-25(3)30-16-17-31-29-15-14-27-23-28(18-20-35(27,4)32(29)19-21-36(30,31)5)39-34(38)33(37)22-26-12-7-6-8-13-26/h6-8,12-14,22,24-25,28-32H,9-11,15-21,23H2,1-5H3/b33-22-/t25-,28-,29+,30-,31-,32+,35-,36+/m0/s1. The maximum absolute atomic E-state index is 12.9. The summed E-state index contributed by atoms with van der Waals surface area (Å²) in [6, 6.07) is 9.95. The fraction of sp³-hybridized carbons (Fsp3) is 0.694. The molecule has 0 aromatic heterocycles. The van der Waals surface area contributed by atoms with Gasteiger partial charge in [-0.1, -0.05) is 95.9 Å². The molecule has 214 valence electrons. The van der Waals surface area contributed by atoms with E-state index in [1.165, 1.54) is 51.4 Å². The molecule has 0 amide bonds. The summed E-state index contributed by atoms with van der Waals surface area (Å²) >= 11 is 3.47. The number of allylic oxidation sites excluding steroid dienone is 1. The van der Waals surface area contributed by atoms with E-state index < -0.39 is 0 Å². The first-order chi connectivity index (χ1) is 18.6. The summed E-state index contributed by atoms with van der Waals surface area (Å²) in [7, 11) is 0. The Bertz CT molecular complexity index is 1070. The van der Waals surface area contributed by atoms with Crippen molar-refractivity contribution in [2.75, 3.05) is 0 Å². The van der Waals surface area contributed by atoms with Crippen LogP contribution in [-0.2, 0) is 9.53 Å². The SMILES string of the molecule is CC(C)CCC[C@H](C)[C@@H]1CC[C@H]2[C@H]3CC=C4C[C@@H](OC(=O)/C(Br)=C/c5ccccc5)CC[C@]4(C)[C@@H]3CC[C@@]21C. The largest absolute Gasteiger partial charge is 0.458 e. The van der Waals surface area contributed by atoms with E-state index in [1.54, 1.807) is 5.57 Å². The molecule has 4 aliphatic carbocycles. The normalized spacial score (nSPS) is 36.9. The van der Waals surface area contributed by atoms with Crippen LogP contribution in [0.4, 0.5) is 0 Å². The molecule has 1 aromatic carbocycles. The van der Waals surface area contributed by atoms with Crippen LogP contribution in [0.5, 0.6) is 0 Å². The Morgan fingerprint density at radius 2 is 1.79 bits per heavy atom. The smallest absolute Gasteiger partial charge is 0.345 e. The van der Waals surface area contributed by atoms with E-state index in [1.807, 2.05) is 36.4 Å². The number of halogens is 1. The molecule has 39 heavy (non-hydrogen) atoms. The quantitative estimate of drug-likeness (QED) is 0.170. The van der Waals surface area contributed by atoms with Gasteiger partial charge >= 0.3 is 5.97 Å². The van der Waals surface area contributed by atoms with Crippen LogP contribution in [0.1, 0.15) is 111 Å². The van der Waals surface area contributed by atoms with Gasteiger partial charge in [-0.25, -0.2) is 4.79 Å². The maximum atomic E-state index is 12.9. The molecule has 0 aliphatic heterocycles. The van der Waals surface area contributed by atoms with Crippen LogP contribution in [0.25, 0.3) is 6.08 Å². The Morgan fingerprint density at radius 3 is 2.54 bits per heavy atom. The zero-order chi connectivity index (χ0) is 27.8. The van der Waals surface area contributed by atoms with Gasteiger partial charge in [0.1, 0.15) is 10.6 Å². The van der Waals surface area contributed by atoms with Crippen LogP contribution in [0, 0.1) is 46.3 Å². The van der Waals surface area contributed by atoms with Crippen molar-refractivity contribution in [2.45, 2.75) is 111 Å². The number of carbonyl (C=O) groups excluding carboxylic acids is 1. The molecule has 3 fully saturated rings. The molecular formula is C36H51BrO2. The van der Waals surface area contributed by atoms with Gasteiger partial charge in [0.05, 0.1) is 0 Å². The molecule has 0 saturated heterocycles. The zero-order valence-corrected chi connectivity index (χ0v) is 26.6. The molecule has 0 N–H and O–H groups in total. The van der Waals surface area contributed by atoms with E-state index in [2.05, 4.69) is 56.6 Å². The first-order valence-corrected chi connectivity index (χ1v) is 16.7. The van der Waals surface area contributed by atoms with Gasteiger partial charge in [-0.05, 0) is 119 Å². The molecular weight excluding hydrogens is 544 g/mol. The maximum Gasteiger partial charge on any atom is 0.345 e. The molecule has 3 heteroatoms. The van der Waals surface area contributed by atoms with Crippen molar-refractivity contribution in [2.24, 2.45) is 46.3 Å². The highest BCUT2D eigenvalue weighted by Gasteiger charge is 2.59. The average molecular weight is 596 g/mol.